The molecule has 1 heterocycles. The summed E-state index contributed by atoms with van der Waals surface area (Å²) in [5.41, 5.74) is 0.996. The van der Waals surface area contributed by atoms with E-state index in [-0.39, 0.29) is 16.9 Å². The Kier molecular flexibility index (Phi) is 6.02. The zero-order chi connectivity index (χ0) is 14.4. The lowest BCUT2D eigenvalue weighted by molar-refractivity contribution is -0.384. The van der Waals surface area contributed by atoms with Gasteiger partial charge in [0, 0.05) is 11.7 Å². The van der Waals surface area contributed by atoms with E-state index in [9.17, 15) is 10.1 Å². The molecule has 1 unspecified atom stereocenters. The predicted octanol–water partition coefficient (Wildman–Crippen LogP) is 4.33. The second-order valence-electron chi connectivity index (χ2n) is 4.60. The third-order valence-corrected chi connectivity index (χ3v) is 3.28. The van der Waals surface area contributed by atoms with Crippen molar-refractivity contribution in [2.45, 2.75) is 52.5 Å². The molecule has 1 aromatic rings. The smallest absolute Gasteiger partial charge is 0.329 e. The van der Waals surface area contributed by atoms with E-state index in [1.807, 2.05) is 0 Å². The van der Waals surface area contributed by atoms with Gasteiger partial charge in [-0.2, -0.15) is 0 Å². The fourth-order valence-corrected chi connectivity index (χ4v) is 2.27. The van der Waals surface area contributed by atoms with Crippen LogP contribution in [0.5, 0.6) is 0 Å². The van der Waals surface area contributed by atoms with Gasteiger partial charge in [0.2, 0.25) is 5.15 Å². The Morgan fingerprint density at radius 3 is 2.74 bits per heavy atom. The van der Waals surface area contributed by atoms with Gasteiger partial charge in [0.05, 0.1) is 4.92 Å². The lowest BCUT2D eigenvalue weighted by Gasteiger charge is -2.18. The number of anilines is 1. The molecule has 5 nitrogen and oxygen atoms in total. The molecule has 1 aromatic heterocycles. The molecule has 1 rings (SSSR count). The third-order valence-electron chi connectivity index (χ3n) is 3.02. The van der Waals surface area contributed by atoms with Crippen LogP contribution in [-0.4, -0.2) is 15.9 Å². The van der Waals surface area contributed by atoms with Crippen LogP contribution < -0.4 is 5.32 Å². The molecule has 0 aliphatic carbocycles. The average molecular weight is 286 g/mol. The molecule has 0 spiro atoms. The van der Waals surface area contributed by atoms with Gasteiger partial charge in [-0.3, -0.25) is 10.1 Å². The van der Waals surface area contributed by atoms with Crippen molar-refractivity contribution in [1.82, 2.24) is 4.98 Å². The van der Waals surface area contributed by atoms with Gasteiger partial charge in [-0.1, -0.05) is 38.3 Å². The first-order chi connectivity index (χ1) is 8.99. The van der Waals surface area contributed by atoms with Crippen molar-refractivity contribution in [2.75, 3.05) is 5.32 Å². The van der Waals surface area contributed by atoms with Gasteiger partial charge in [-0.25, -0.2) is 4.98 Å². The quantitative estimate of drug-likeness (QED) is 0.460. The summed E-state index contributed by atoms with van der Waals surface area (Å²) in [7, 11) is 0. The molecule has 1 N–H and O–H groups in total. The highest BCUT2D eigenvalue weighted by Crippen LogP contribution is 2.32. The molecule has 0 bridgehead atoms. The van der Waals surface area contributed by atoms with Crippen LogP contribution in [0.25, 0.3) is 0 Å². The zero-order valence-electron chi connectivity index (χ0n) is 11.6. The maximum atomic E-state index is 11.1. The lowest BCUT2D eigenvalue weighted by atomic mass is 10.1. The van der Waals surface area contributed by atoms with Crippen molar-refractivity contribution in [3.63, 3.8) is 0 Å². The molecular weight excluding hydrogens is 266 g/mol. The fraction of sp³-hybridized carbons (Fsp3) is 0.615. The second-order valence-corrected chi connectivity index (χ2v) is 4.96. The van der Waals surface area contributed by atoms with Gasteiger partial charge < -0.3 is 5.32 Å². The Labute approximate surface area is 118 Å². The number of hydrogen-bond donors (Lipinski definition) is 1. The molecule has 0 saturated carbocycles. The molecule has 6 heteroatoms. The molecule has 0 aliphatic heterocycles. The van der Waals surface area contributed by atoms with Crippen LogP contribution in [-0.2, 0) is 0 Å². The van der Waals surface area contributed by atoms with Crippen molar-refractivity contribution >= 4 is 23.0 Å². The number of halogens is 1. The van der Waals surface area contributed by atoms with E-state index in [0.717, 1.165) is 25.7 Å². The first kappa shape index (κ1) is 15.7. The molecular formula is C13H20ClN3O2. The number of nitrogens with zero attached hydrogens (tertiary/aromatic N) is 2. The Hall–Kier alpha value is -1.36. The average Bonchev–Trinajstić information content (AvgIpc) is 2.32. The SMILES string of the molecule is CCCCC(CC)Nc1cc(C)nc(Cl)c1[N+](=O)[O-]. The summed E-state index contributed by atoms with van der Waals surface area (Å²) < 4.78 is 0. The minimum absolute atomic E-state index is 0.0576. The largest absolute Gasteiger partial charge is 0.377 e. The summed E-state index contributed by atoms with van der Waals surface area (Å²) in [6.07, 6.45) is 4.10. The summed E-state index contributed by atoms with van der Waals surface area (Å²) >= 11 is 5.87. The van der Waals surface area contributed by atoms with Crippen LogP contribution in [0.2, 0.25) is 5.15 Å². The van der Waals surface area contributed by atoms with Crippen LogP contribution in [0.3, 0.4) is 0 Å². The van der Waals surface area contributed by atoms with E-state index in [2.05, 4.69) is 24.1 Å². The summed E-state index contributed by atoms with van der Waals surface area (Å²) in [6.45, 7) is 5.96. The highest BCUT2D eigenvalue weighted by atomic mass is 35.5. The van der Waals surface area contributed by atoms with Crippen molar-refractivity contribution < 1.29 is 4.92 Å². The summed E-state index contributed by atoms with van der Waals surface area (Å²) in [4.78, 5) is 14.5. The number of aromatic nitrogens is 1. The maximum absolute atomic E-state index is 11.1. The van der Waals surface area contributed by atoms with Gasteiger partial charge in [-0.15, -0.1) is 0 Å². The minimum Gasteiger partial charge on any atom is -0.377 e. The van der Waals surface area contributed by atoms with Crippen LogP contribution >= 0.6 is 11.6 Å². The molecule has 0 saturated heterocycles. The normalized spacial score (nSPS) is 12.2. The number of aryl methyl sites for hydroxylation is 1. The van der Waals surface area contributed by atoms with Gasteiger partial charge in [0.25, 0.3) is 0 Å². The van der Waals surface area contributed by atoms with E-state index in [1.54, 1.807) is 13.0 Å². The Morgan fingerprint density at radius 1 is 1.53 bits per heavy atom. The van der Waals surface area contributed by atoms with Crippen molar-refractivity contribution in [3.05, 3.63) is 27.0 Å². The van der Waals surface area contributed by atoms with Gasteiger partial charge in [0.1, 0.15) is 5.69 Å². The summed E-state index contributed by atoms with van der Waals surface area (Å²) in [6, 6.07) is 1.90. The number of unbranched alkanes of at least 4 members (excludes halogenated alkanes) is 1. The molecule has 0 fully saturated rings. The zero-order valence-corrected chi connectivity index (χ0v) is 12.3. The van der Waals surface area contributed by atoms with E-state index in [4.69, 9.17) is 11.6 Å². The second kappa shape index (κ2) is 7.28. The molecule has 0 aliphatic rings. The topological polar surface area (TPSA) is 68.1 Å². The molecule has 19 heavy (non-hydrogen) atoms. The van der Waals surface area contributed by atoms with Crippen LogP contribution in [0, 0.1) is 17.0 Å². The van der Waals surface area contributed by atoms with E-state index < -0.39 is 4.92 Å². The summed E-state index contributed by atoms with van der Waals surface area (Å²) in [5, 5.41) is 14.3. The highest BCUT2D eigenvalue weighted by Gasteiger charge is 2.22. The molecule has 106 valence electrons. The first-order valence-electron chi connectivity index (χ1n) is 6.57. The fourth-order valence-electron chi connectivity index (χ4n) is 1.96. The highest BCUT2D eigenvalue weighted by molar-refractivity contribution is 6.32. The summed E-state index contributed by atoms with van der Waals surface area (Å²) in [5.74, 6) is 0. The van der Waals surface area contributed by atoms with Gasteiger partial charge >= 0.3 is 5.69 Å². The molecule has 0 aromatic carbocycles. The maximum Gasteiger partial charge on any atom is 0.329 e. The van der Waals surface area contributed by atoms with Crippen LogP contribution in [0.15, 0.2) is 6.07 Å². The number of nitro groups is 1. The number of nitrogens with one attached hydrogen (secondary N) is 1. The van der Waals surface area contributed by atoms with Crippen molar-refractivity contribution in [1.29, 1.82) is 0 Å². The van der Waals surface area contributed by atoms with Crippen LogP contribution in [0.1, 0.15) is 45.2 Å². The van der Waals surface area contributed by atoms with E-state index >= 15 is 0 Å². The van der Waals surface area contributed by atoms with E-state index in [0.29, 0.717) is 11.4 Å². The Morgan fingerprint density at radius 2 is 2.21 bits per heavy atom. The molecule has 0 radical (unpaired) electrons. The standard InChI is InChI=1S/C13H20ClN3O2/c1-4-6-7-10(5-2)16-11-8-9(3)15-13(14)12(11)17(18)19/h8,10H,4-7H2,1-3H3,(H,15,16). The Bertz CT molecular complexity index is 452. The number of pyridine rings is 1. The molecule has 1 atom stereocenters. The Balaban J connectivity index is 3.01. The number of hydrogen-bond acceptors (Lipinski definition) is 4. The van der Waals surface area contributed by atoms with Crippen molar-refractivity contribution in [2.24, 2.45) is 0 Å². The third kappa shape index (κ3) is 4.35. The monoisotopic (exact) mass is 285 g/mol. The number of rotatable bonds is 7. The van der Waals surface area contributed by atoms with Gasteiger partial charge in [-0.05, 0) is 25.8 Å². The van der Waals surface area contributed by atoms with Crippen molar-refractivity contribution in [3.8, 4) is 0 Å². The predicted molar refractivity (Wildman–Crippen MR) is 77.9 cm³/mol. The first-order valence-corrected chi connectivity index (χ1v) is 6.95. The van der Waals surface area contributed by atoms with Crippen LogP contribution in [0.4, 0.5) is 11.4 Å². The van der Waals surface area contributed by atoms with Gasteiger partial charge in [0.15, 0.2) is 0 Å². The lowest BCUT2D eigenvalue weighted by Crippen LogP contribution is -2.19. The molecule has 0 amide bonds. The van der Waals surface area contributed by atoms with E-state index in [1.165, 1.54) is 0 Å². The minimum atomic E-state index is -0.482.